The van der Waals surface area contributed by atoms with E-state index in [4.69, 9.17) is 0 Å². The molecule has 96 valence electrons. The van der Waals surface area contributed by atoms with Crippen molar-refractivity contribution in [2.45, 2.75) is 12.5 Å². The van der Waals surface area contributed by atoms with Gasteiger partial charge in [-0.15, -0.1) is 0 Å². The minimum atomic E-state index is -0.794. The van der Waals surface area contributed by atoms with Crippen molar-refractivity contribution < 1.29 is 14.4 Å². The van der Waals surface area contributed by atoms with Gasteiger partial charge < -0.3 is 10.3 Å². The third kappa shape index (κ3) is 2.05. The summed E-state index contributed by atoms with van der Waals surface area (Å²) in [6, 6.07) is 4.18. The molecule has 0 aliphatic carbocycles. The summed E-state index contributed by atoms with van der Waals surface area (Å²) in [5, 5.41) is 4.67. The van der Waals surface area contributed by atoms with Gasteiger partial charge >= 0.3 is 0 Å². The van der Waals surface area contributed by atoms with Crippen LogP contribution in [-0.2, 0) is 9.59 Å². The number of hydrogen-bond donors (Lipinski definition) is 3. The summed E-state index contributed by atoms with van der Waals surface area (Å²) in [5.74, 6) is -1.24. The quantitative estimate of drug-likeness (QED) is 0.644. The number of fused-ring (bicyclic) bond motifs is 1. The molecule has 1 aromatic heterocycles. The van der Waals surface area contributed by atoms with E-state index >= 15 is 0 Å². The van der Waals surface area contributed by atoms with Crippen LogP contribution in [0.1, 0.15) is 16.8 Å². The summed E-state index contributed by atoms with van der Waals surface area (Å²) in [4.78, 5) is 41.3. The number of amides is 3. The lowest BCUT2D eigenvalue weighted by Crippen LogP contribution is -2.40. The highest BCUT2D eigenvalue weighted by Gasteiger charge is 2.31. The van der Waals surface area contributed by atoms with E-state index in [-0.39, 0.29) is 12.3 Å². The van der Waals surface area contributed by atoms with Crippen LogP contribution in [0.4, 0.5) is 0 Å². The van der Waals surface area contributed by atoms with Gasteiger partial charge in [-0.25, -0.2) is 4.98 Å². The molecule has 1 unspecified atom stereocenters. The van der Waals surface area contributed by atoms with Crippen LogP contribution >= 0.6 is 0 Å². The molecule has 7 nitrogen and oxygen atoms in total. The Kier molecular flexibility index (Phi) is 2.52. The molecular weight excluding hydrogens is 248 g/mol. The van der Waals surface area contributed by atoms with Crippen LogP contribution in [0.5, 0.6) is 0 Å². The first-order chi connectivity index (χ1) is 9.13. The molecule has 1 aliphatic heterocycles. The van der Waals surface area contributed by atoms with E-state index in [1.165, 1.54) is 6.33 Å². The number of imide groups is 1. The second-order valence-electron chi connectivity index (χ2n) is 4.28. The van der Waals surface area contributed by atoms with Crippen LogP contribution < -0.4 is 10.6 Å². The molecule has 0 bridgehead atoms. The molecule has 2 heterocycles. The third-order valence-corrected chi connectivity index (χ3v) is 2.96. The number of nitrogens with one attached hydrogen (secondary N) is 3. The maximum absolute atomic E-state index is 12.0. The number of carbonyl (C=O) groups is 3. The topological polar surface area (TPSA) is 104 Å². The Labute approximate surface area is 107 Å². The van der Waals surface area contributed by atoms with Crippen molar-refractivity contribution in [2.24, 2.45) is 0 Å². The largest absolute Gasteiger partial charge is 0.345 e. The Morgan fingerprint density at radius 2 is 2.21 bits per heavy atom. The lowest BCUT2D eigenvalue weighted by molar-refractivity contribution is -0.125. The summed E-state index contributed by atoms with van der Waals surface area (Å²) in [5.41, 5.74) is 1.90. The standard InChI is InChI=1S/C12H10N4O3/c17-10-4-9(12(19)16-10)15-11(18)6-1-2-7-8(3-6)14-5-13-7/h1-3,5,9H,4H2,(H,13,14)(H,15,18)(H,16,17,19). The Bertz CT molecular complexity index is 691. The lowest BCUT2D eigenvalue weighted by Gasteiger charge is -2.08. The third-order valence-electron chi connectivity index (χ3n) is 2.96. The van der Waals surface area contributed by atoms with Crippen LogP contribution in [0.3, 0.4) is 0 Å². The van der Waals surface area contributed by atoms with Gasteiger partial charge in [-0.2, -0.15) is 0 Å². The van der Waals surface area contributed by atoms with Crippen LogP contribution in [-0.4, -0.2) is 33.7 Å². The van der Waals surface area contributed by atoms with Crippen LogP contribution in [0, 0.1) is 0 Å². The molecule has 1 atom stereocenters. The average Bonchev–Trinajstić information content (AvgIpc) is 2.95. The van der Waals surface area contributed by atoms with Gasteiger partial charge in [-0.05, 0) is 18.2 Å². The normalized spacial score (nSPS) is 18.6. The Morgan fingerprint density at radius 1 is 1.37 bits per heavy atom. The number of rotatable bonds is 2. The highest BCUT2D eigenvalue weighted by atomic mass is 16.2. The van der Waals surface area contributed by atoms with Crippen molar-refractivity contribution in [2.75, 3.05) is 0 Å². The Balaban J connectivity index is 1.80. The first kappa shape index (κ1) is 11.4. The van der Waals surface area contributed by atoms with Gasteiger partial charge in [0.1, 0.15) is 6.04 Å². The molecule has 1 fully saturated rings. The first-order valence-electron chi connectivity index (χ1n) is 5.71. The number of carbonyl (C=O) groups excluding carboxylic acids is 3. The molecule has 0 spiro atoms. The minimum Gasteiger partial charge on any atom is -0.345 e. The molecular formula is C12H10N4O3. The van der Waals surface area contributed by atoms with E-state index in [1.54, 1.807) is 18.2 Å². The molecule has 19 heavy (non-hydrogen) atoms. The molecule has 7 heteroatoms. The van der Waals surface area contributed by atoms with E-state index in [2.05, 4.69) is 20.6 Å². The summed E-state index contributed by atoms with van der Waals surface area (Å²) < 4.78 is 0. The molecule has 3 amide bonds. The zero-order valence-electron chi connectivity index (χ0n) is 9.77. The Hall–Kier alpha value is -2.70. The van der Waals surface area contributed by atoms with Gasteiger partial charge in [0.05, 0.1) is 23.8 Å². The van der Waals surface area contributed by atoms with E-state index in [0.717, 1.165) is 11.0 Å². The lowest BCUT2D eigenvalue weighted by atomic mass is 10.1. The van der Waals surface area contributed by atoms with Crippen molar-refractivity contribution in [1.82, 2.24) is 20.6 Å². The fourth-order valence-electron chi connectivity index (χ4n) is 1.99. The SMILES string of the molecule is O=C1CC(NC(=O)c2ccc3nc[nH]c3c2)C(=O)N1. The fraction of sp³-hybridized carbons (Fsp3) is 0.167. The number of aromatic amines is 1. The van der Waals surface area contributed by atoms with Gasteiger partial charge in [-0.3, -0.25) is 19.7 Å². The van der Waals surface area contributed by atoms with Crippen molar-refractivity contribution in [3.63, 3.8) is 0 Å². The first-order valence-corrected chi connectivity index (χ1v) is 5.71. The average molecular weight is 258 g/mol. The molecule has 1 aromatic carbocycles. The predicted octanol–water partition coefficient (Wildman–Crippen LogP) is -0.292. The van der Waals surface area contributed by atoms with Gasteiger partial charge in [0.15, 0.2) is 0 Å². The van der Waals surface area contributed by atoms with E-state index < -0.39 is 17.9 Å². The summed E-state index contributed by atoms with van der Waals surface area (Å²) in [7, 11) is 0. The maximum atomic E-state index is 12.0. The monoisotopic (exact) mass is 258 g/mol. The molecule has 1 saturated heterocycles. The Morgan fingerprint density at radius 3 is 2.95 bits per heavy atom. The van der Waals surface area contributed by atoms with Crippen molar-refractivity contribution in [1.29, 1.82) is 0 Å². The van der Waals surface area contributed by atoms with Crippen molar-refractivity contribution >= 4 is 28.8 Å². The van der Waals surface area contributed by atoms with Gasteiger partial charge in [0.25, 0.3) is 5.91 Å². The second kappa shape index (κ2) is 4.20. The predicted molar refractivity (Wildman–Crippen MR) is 65.1 cm³/mol. The van der Waals surface area contributed by atoms with Gasteiger partial charge in [0, 0.05) is 5.56 Å². The zero-order chi connectivity index (χ0) is 13.4. The number of imidazole rings is 1. The molecule has 2 aromatic rings. The number of aromatic nitrogens is 2. The summed E-state index contributed by atoms with van der Waals surface area (Å²) >= 11 is 0. The summed E-state index contributed by atoms with van der Waals surface area (Å²) in [6.07, 6.45) is 1.52. The highest BCUT2D eigenvalue weighted by molar-refractivity contribution is 6.08. The smallest absolute Gasteiger partial charge is 0.252 e. The number of benzene rings is 1. The number of H-pyrrole nitrogens is 1. The maximum Gasteiger partial charge on any atom is 0.252 e. The fourth-order valence-corrected chi connectivity index (χ4v) is 1.99. The molecule has 0 saturated carbocycles. The van der Waals surface area contributed by atoms with E-state index in [1.807, 2.05) is 0 Å². The highest BCUT2D eigenvalue weighted by Crippen LogP contribution is 2.12. The molecule has 3 rings (SSSR count). The van der Waals surface area contributed by atoms with Crippen LogP contribution in [0.2, 0.25) is 0 Å². The van der Waals surface area contributed by atoms with Gasteiger partial charge in [-0.1, -0.05) is 0 Å². The number of hydrogen-bond acceptors (Lipinski definition) is 4. The minimum absolute atomic E-state index is 0.0170. The van der Waals surface area contributed by atoms with Gasteiger partial charge in [0.2, 0.25) is 11.8 Å². The van der Waals surface area contributed by atoms with Crippen LogP contribution in [0.15, 0.2) is 24.5 Å². The zero-order valence-corrected chi connectivity index (χ0v) is 9.77. The second-order valence-corrected chi connectivity index (χ2v) is 4.28. The molecule has 3 N–H and O–H groups in total. The number of nitrogens with zero attached hydrogens (tertiary/aromatic N) is 1. The molecule has 1 aliphatic rings. The van der Waals surface area contributed by atoms with E-state index in [9.17, 15) is 14.4 Å². The van der Waals surface area contributed by atoms with Crippen molar-refractivity contribution in [3.8, 4) is 0 Å². The van der Waals surface area contributed by atoms with E-state index in [0.29, 0.717) is 5.56 Å². The summed E-state index contributed by atoms with van der Waals surface area (Å²) in [6.45, 7) is 0. The van der Waals surface area contributed by atoms with Crippen molar-refractivity contribution in [3.05, 3.63) is 30.1 Å². The molecule has 0 radical (unpaired) electrons. The van der Waals surface area contributed by atoms with Crippen LogP contribution in [0.25, 0.3) is 11.0 Å².